The Labute approximate surface area is 139 Å². The molecule has 1 aromatic carbocycles. The summed E-state index contributed by atoms with van der Waals surface area (Å²) in [6.45, 7) is 2.77. The average Bonchev–Trinajstić information content (AvgIpc) is 2.58. The van der Waals surface area contributed by atoms with Crippen molar-refractivity contribution in [3.63, 3.8) is 0 Å². The molecule has 0 aliphatic rings. The maximum absolute atomic E-state index is 13.2. The molecule has 2 N–H and O–H groups in total. The predicted octanol–water partition coefficient (Wildman–Crippen LogP) is 2.48. The van der Waals surface area contributed by atoms with Crippen LogP contribution < -0.4 is 10.2 Å². The molecule has 0 unspecified atom stereocenters. The number of aliphatic imine (C=N–C) groups is 1. The summed E-state index contributed by atoms with van der Waals surface area (Å²) in [7, 11) is 1.57. The first-order valence-corrected chi connectivity index (χ1v) is 7.42. The van der Waals surface area contributed by atoms with Crippen molar-refractivity contribution in [2.45, 2.75) is 13.5 Å². The van der Waals surface area contributed by atoms with Crippen LogP contribution in [0.2, 0.25) is 0 Å². The number of hydroxylamine groups is 1. The summed E-state index contributed by atoms with van der Waals surface area (Å²) >= 11 is 0. The molecule has 0 spiro atoms. The zero-order valence-electron chi connectivity index (χ0n) is 13.6. The lowest BCUT2D eigenvalue weighted by Crippen LogP contribution is -2.23. The first-order chi connectivity index (χ1) is 11.6. The molecular weight excluding hydrogens is 313 g/mol. The van der Waals surface area contributed by atoms with Crippen LogP contribution in [0.25, 0.3) is 0 Å². The van der Waals surface area contributed by atoms with Gasteiger partial charge in [0.15, 0.2) is 5.84 Å². The molecule has 1 heterocycles. The number of hydrogen-bond donors (Lipinski definition) is 2. The van der Waals surface area contributed by atoms with Crippen molar-refractivity contribution in [3.05, 3.63) is 59.0 Å². The van der Waals surface area contributed by atoms with Gasteiger partial charge in [0.25, 0.3) is 0 Å². The first kappa shape index (κ1) is 17.8. The molecule has 2 rings (SSSR count). The lowest BCUT2D eigenvalue weighted by atomic mass is 10.2. The fraction of sp³-hybridized carbons (Fsp3) is 0.294. The minimum Gasteiger partial charge on any atom is -0.472 e. The second-order valence-electron chi connectivity index (χ2n) is 5.06. The van der Waals surface area contributed by atoms with Gasteiger partial charge in [-0.15, -0.1) is 0 Å². The van der Waals surface area contributed by atoms with Gasteiger partial charge in [0.05, 0.1) is 18.7 Å². The minimum atomic E-state index is -0.327. The monoisotopic (exact) mass is 333 g/mol. The van der Waals surface area contributed by atoms with Crippen LogP contribution in [0.3, 0.4) is 0 Å². The fourth-order valence-electron chi connectivity index (χ4n) is 2.03. The SMILES string of the molecule is COCCN=C(NO)c1ccc(C)nc1OCc1cccc(F)c1. The lowest BCUT2D eigenvalue weighted by molar-refractivity contribution is 0.206. The number of nitrogens with zero attached hydrogens (tertiary/aromatic N) is 2. The number of benzene rings is 1. The third kappa shape index (κ3) is 5.00. The van der Waals surface area contributed by atoms with Crippen molar-refractivity contribution in [1.29, 1.82) is 0 Å². The summed E-state index contributed by atoms with van der Waals surface area (Å²) in [5, 5.41) is 9.34. The molecule has 0 bridgehead atoms. The molecular formula is C17H20FN3O3. The van der Waals surface area contributed by atoms with E-state index in [4.69, 9.17) is 9.47 Å². The minimum absolute atomic E-state index is 0.151. The smallest absolute Gasteiger partial charge is 0.225 e. The number of amidine groups is 1. The van der Waals surface area contributed by atoms with Crippen molar-refractivity contribution < 1.29 is 19.1 Å². The van der Waals surface area contributed by atoms with E-state index in [2.05, 4.69) is 15.5 Å². The highest BCUT2D eigenvalue weighted by Crippen LogP contribution is 2.18. The number of ether oxygens (including phenoxy) is 2. The average molecular weight is 333 g/mol. The highest BCUT2D eigenvalue weighted by atomic mass is 19.1. The van der Waals surface area contributed by atoms with Crippen LogP contribution in [-0.4, -0.2) is 36.3 Å². The van der Waals surface area contributed by atoms with Gasteiger partial charge in [-0.3, -0.25) is 15.7 Å². The highest BCUT2D eigenvalue weighted by molar-refractivity contribution is 6.00. The molecule has 0 amide bonds. The van der Waals surface area contributed by atoms with Crippen LogP contribution in [0.4, 0.5) is 4.39 Å². The van der Waals surface area contributed by atoms with Gasteiger partial charge in [-0.1, -0.05) is 12.1 Å². The summed E-state index contributed by atoms with van der Waals surface area (Å²) in [5.74, 6) is 0.207. The van der Waals surface area contributed by atoms with Crippen LogP contribution in [-0.2, 0) is 11.3 Å². The van der Waals surface area contributed by atoms with Gasteiger partial charge in [0.2, 0.25) is 5.88 Å². The Hall–Kier alpha value is -2.51. The number of pyridine rings is 1. The number of halogens is 1. The third-order valence-corrected chi connectivity index (χ3v) is 3.19. The van der Waals surface area contributed by atoms with Crippen molar-refractivity contribution in [2.24, 2.45) is 4.99 Å². The zero-order valence-corrected chi connectivity index (χ0v) is 13.6. The Morgan fingerprint density at radius 2 is 2.17 bits per heavy atom. The van der Waals surface area contributed by atoms with Gasteiger partial charge < -0.3 is 9.47 Å². The van der Waals surface area contributed by atoms with Gasteiger partial charge in [-0.05, 0) is 36.8 Å². The number of aromatic nitrogens is 1. The zero-order chi connectivity index (χ0) is 17.4. The number of aryl methyl sites for hydroxylation is 1. The van der Waals surface area contributed by atoms with Crippen LogP contribution in [0.1, 0.15) is 16.8 Å². The Morgan fingerprint density at radius 1 is 1.33 bits per heavy atom. The third-order valence-electron chi connectivity index (χ3n) is 3.19. The van der Waals surface area contributed by atoms with E-state index in [9.17, 15) is 9.60 Å². The van der Waals surface area contributed by atoms with Crippen molar-refractivity contribution in [3.8, 4) is 5.88 Å². The first-order valence-electron chi connectivity index (χ1n) is 7.42. The Kier molecular flexibility index (Phi) is 6.65. The van der Waals surface area contributed by atoms with E-state index in [1.165, 1.54) is 12.1 Å². The van der Waals surface area contributed by atoms with E-state index in [1.807, 2.05) is 6.92 Å². The van der Waals surface area contributed by atoms with E-state index in [0.717, 1.165) is 5.69 Å². The molecule has 128 valence electrons. The Balaban J connectivity index is 2.21. The van der Waals surface area contributed by atoms with Crippen molar-refractivity contribution in [2.75, 3.05) is 20.3 Å². The van der Waals surface area contributed by atoms with Gasteiger partial charge >= 0.3 is 0 Å². The van der Waals surface area contributed by atoms with E-state index in [1.54, 1.807) is 31.4 Å². The Bertz CT molecular complexity index is 707. The van der Waals surface area contributed by atoms with E-state index >= 15 is 0 Å². The van der Waals surface area contributed by atoms with Crippen LogP contribution in [0.15, 0.2) is 41.4 Å². The summed E-state index contributed by atoms with van der Waals surface area (Å²) < 4.78 is 23.9. The van der Waals surface area contributed by atoms with Gasteiger partial charge in [-0.2, -0.15) is 0 Å². The maximum atomic E-state index is 13.2. The molecule has 0 atom stereocenters. The molecule has 0 aliphatic heterocycles. The van der Waals surface area contributed by atoms with E-state index in [0.29, 0.717) is 30.2 Å². The molecule has 0 saturated heterocycles. The highest BCUT2D eigenvalue weighted by Gasteiger charge is 2.12. The van der Waals surface area contributed by atoms with Crippen LogP contribution >= 0.6 is 0 Å². The largest absolute Gasteiger partial charge is 0.472 e. The normalized spacial score (nSPS) is 11.4. The number of rotatable bonds is 7. The van der Waals surface area contributed by atoms with Gasteiger partial charge in [0.1, 0.15) is 12.4 Å². The van der Waals surface area contributed by atoms with Crippen molar-refractivity contribution >= 4 is 5.84 Å². The molecule has 7 heteroatoms. The number of nitrogens with one attached hydrogen (secondary N) is 1. The van der Waals surface area contributed by atoms with E-state index < -0.39 is 0 Å². The fourth-order valence-corrected chi connectivity index (χ4v) is 2.03. The topological polar surface area (TPSA) is 76.0 Å². The maximum Gasteiger partial charge on any atom is 0.225 e. The molecule has 0 radical (unpaired) electrons. The number of methoxy groups -OCH3 is 1. The Morgan fingerprint density at radius 3 is 2.88 bits per heavy atom. The van der Waals surface area contributed by atoms with Crippen LogP contribution in [0, 0.1) is 12.7 Å². The summed E-state index contributed by atoms with van der Waals surface area (Å²) in [6, 6.07) is 9.68. The standard InChI is InChI=1S/C17H20FN3O3/c1-12-6-7-15(16(21-22)19-8-9-23-2)17(20-12)24-11-13-4-3-5-14(18)10-13/h3-7,10,22H,8-9,11H2,1-2H3,(H,19,21). The summed E-state index contributed by atoms with van der Waals surface area (Å²) in [6.07, 6.45) is 0. The molecule has 0 saturated carbocycles. The van der Waals surface area contributed by atoms with E-state index in [-0.39, 0.29) is 18.3 Å². The molecule has 6 nitrogen and oxygen atoms in total. The second kappa shape index (κ2) is 8.95. The second-order valence-corrected chi connectivity index (χ2v) is 5.06. The lowest BCUT2D eigenvalue weighted by Gasteiger charge is -2.12. The predicted molar refractivity (Wildman–Crippen MR) is 87.9 cm³/mol. The number of hydrogen-bond acceptors (Lipinski definition) is 5. The van der Waals surface area contributed by atoms with Gasteiger partial charge in [-0.25, -0.2) is 9.37 Å². The quantitative estimate of drug-likeness (QED) is 0.352. The molecule has 1 aromatic heterocycles. The van der Waals surface area contributed by atoms with Gasteiger partial charge in [0, 0.05) is 12.8 Å². The van der Waals surface area contributed by atoms with Crippen molar-refractivity contribution in [1.82, 2.24) is 10.5 Å². The molecule has 0 aliphatic carbocycles. The molecule has 0 fully saturated rings. The van der Waals surface area contributed by atoms with Crippen LogP contribution in [0.5, 0.6) is 5.88 Å². The molecule has 24 heavy (non-hydrogen) atoms. The summed E-state index contributed by atoms with van der Waals surface area (Å²) in [4.78, 5) is 8.54. The summed E-state index contributed by atoms with van der Waals surface area (Å²) in [5.41, 5.74) is 4.00. The molecule has 2 aromatic rings.